The van der Waals surface area contributed by atoms with E-state index in [1.807, 2.05) is 30.3 Å². The van der Waals surface area contributed by atoms with Gasteiger partial charge in [0.05, 0.1) is 10.2 Å². The molecular formula is C19H19N9OS3. The standard InChI is InChI=1S/C19H19N9OS3/c20-19-24-16-11(2-1-3-12(16)30-19)10-5-6-13(32-22-8-9-4-7-14(29)23-9)17(31-21)15(10)18-25-27-28-26-18/h1-3,5-6,9,22H,4,7-8,21H2,(H2,20,24)(H,23,29)(H,25,26,27,28). The number of nitrogens with zero attached hydrogens (tertiary/aromatic N) is 4. The first-order valence-electron chi connectivity index (χ1n) is 9.76. The van der Waals surface area contributed by atoms with Crippen molar-refractivity contribution in [3.8, 4) is 22.5 Å². The summed E-state index contributed by atoms with van der Waals surface area (Å²) in [6.07, 6.45) is 1.41. The van der Waals surface area contributed by atoms with Crippen LogP contribution in [0.15, 0.2) is 40.1 Å². The minimum absolute atomic E-state index is 0.0978. The second kappa shape index (κ2) is 9.03. The highest BCUT2D eigenvalue weighted by molar-refractivity contribution is 8.00. The average Bonchev–Trinajstić information content (AvgIpc) is 3.53. The number of nitrogens with one attached hydrogen (secondary N) is 3. The van der Waals surface area contributed by atoms with Gasteiger partial charge in [-0.05, 0) is 53.2 Å². The van der Waals surface area contributed by atoms with E-state index < -0.39 is 0 Å². The van der Waals surface area contributed by atoms with Crippen LogP contribution in [0.1, 0.15) is 12.8 Å². The van der Waals surface area contributed by atoms with Gasteiger partial charge in [0.25, 0.3) is 0 Å². The number of tetrazole rings is 1. The molecule has 1 amide bonds. The van der Waals surface area contributed by atoms with Crippen molar-refractivity contribution in [1.29, 1.82) is 0 Å². The Morgan fingerprint density at radius 2 is 2.16 bits per heavy atom. The zero-order chi connectivity index (χ0) is 22.1. The molecule has 1 saturated heterocycles. The Hall–Kier alpha value is -2.71. The van der Waals surface area contributed by atoms with Crippen LogP contribution >= 0.6 is 35.2 Å². The summed E-state index contributed by atoms with van der Waals surface area (Å²) in [6, 6.07) is 10.1. The number of aromatic amines is 1. The summed E-state index contributed by atoms with van der Waals surface area (Å²) >= 11 is 4.03. The van der Waals surface area contributed by atoms with Crippen LogP contribution in [0, 0.1) is 0 Å². The van der Waals surface area contributed by atoms with Crippen LogP contribution in [0.4, 0.5) is 5.13 Å². The van der Waals surface area contributed by atoms with Crippen molar-refractivity contribution in [3.05, 3.63) is 30.3 Å². The maximum Gasteiger partial charge on any atom is 0.220 e. The van der Waals surface area contributed by atoms with Crippen molar-refractivity contribution in [2.75, 3.05) is 12.3 Å². The second-order valence-corrected chi connectivity index (χ2v) is 9.77. The van der Waals surface area contributed by atoms with E-state index in [-0.39, 0.29) is 11.9 Å². The second-order valence-electron chi connectivity index (χ2n) is 7.13. The highest BCUT2D eigenvalue weighted by atomic mass is 32.2. The molecule has 0 radical (unpaired) electrons. The van der Waals surface area contributed by atoms with Crippen LogP contribution in [0.25, 0.3) is 32.7 Å². The number of rotatable bonds is 7. The van der Waals surface area contributed by atoms with Gasteiger partial charge in [-0.3, -0.25) is 14.7 Å². The van der Waals surface area contributed by atoms with Crippen LogP contribution in [0.3, 0.4) is 0 Å². The minimum Gasteiger partial charge on any atom is -0.375 e. The highest BCUT2D eigenvalue weighted by Crippen LogP contribution is 2.43. The first kappa shape index (κ1) is 21.2. The van der Waals surface area contributed by atoms with E-state index in [9.17, 15) is 4.79 Å². The number of carbonyl (C=O) groups is 1. The molecule has 0 bridgehead atoms. The molecule has 2 aromatic carbocycles. The van der Waals surface area contributed by atoms with Gasteiger partial charge >= 0.3 is 0 Å². The lowest BCUT2D eigenvalue weighted by molar-refractivity contribution is -0.119. The molecule has 3 heterocycles. The number of anilines is 1. The van der Waals surface area contributed by atoms with E-state index in [4.69, 9.17) is 10.9 Å². The number of fused-ring (bicyclic) bond motifs is 1. The molecule has 0 saturated carbocycles. The summed E-state index contributed by atoms with van der Waals surface area (Å²) in [5.74, 6) is 0.541. The van der Waals surface area contributed by atoms with E-state index in [0.29, 0.717) is 23.9 Å². The Kier molecular flexibility index (Phi) is 5.97. The molecule has 164 valence electrons. The van der Waals surface area contributed by atoms with Gasteiger partial charge in [-0.15, -0.1) is 10.2 Å². The molecule has 2 aromatic heterocycles. The van der Waals surface area contributed by atoms with E-state index in [1.165, 1.54) is 23.3 Å². The number of nitrogens with two attached hydrogens (primary N) is 2. The van der Waals surface area contributed by atoms with Crippen molar-refractivity contribution < 1.29 is 4.79 Å². The Labute approximate surface area is 195 Å². The van der Waals surface area contributed by atoms with Crippen molar-refractivity contribution >= 4 is 56.5 Å². The molecule has 1 atom stereocenters. The number of para-hydroxylation sites is 1. The third-order valence-corrected chi connectivity index (χ3v) is 7.64. The molecule has 1 aliphatic rings. The molecule has 1 aliphatic heterocycles. The number of carbonyl (C=O) groups excluding carboxylic acids is 1. The summed E-state index contributed by atoms with van der Waals surface area (Å²) in [5.41, 5.74) is 9.37. The molecule has 1 unspecified atom stereocenters. The van der Waals surface area contributed by atoms with Gasteiger partial charge < -0.3 is 11.1 Å². The number of thiazole rings is 1. The van der Waals surface area contributed by atoms with E-state index in [0.717, 1.165) is 55.1 Å². The van der Waals surface area contributed by atoms with E-state index in [1.54, 1.807) is 0 Å². The normalized spacial score (nSPS) is 16.0. The van der Waals surface area contributed by atoms with Gasteiger partial charge in [0, 0.05) is 39.9 Å². The number of hydrogen-bond donors (Lipinski definition) is 5. The summed E-state index contributed by atoms with van der Waals surface area (Å²) in [7, 11) is 0. The molecule has 0 spiro atoms. The fourth-order valence-electron chi connectivity index (χ4n) is 3.71. The molecule has 13 heteroatoms. The molecule has 32 heavy (non-hydrogen) atoms. The maximum absolute atomic E-state index is 11.4. The third-order valence-electron chi connectivity index (χ3n) is 5.13. The first-order valence-corrected chi connectivity index (χ1v) is 12.3. The minimum atomic E-state index is 0.0978. The lowest BCUT2D eigenvalue weighted by Gasteiger charge is -2.16. The molecule has 0 aliphatic carbocycles. The van der Waals surface area contributed by atoms with E-state index in [2.05, 4.69) is 35.6 Å². The third kappa shape index (κ3) is 4.04. The topological polar surface area (TPSA) is 161 Å². The average molecular weight is 486 g/mol. The molecule has 10 nitrogen and oxygen atoms in total. The van der Waals surface area contributed by atoms with Gasteiger partial charge in [-0.1, -0.05) is 29.5 Å². The highest BCUT2D eigenvalue weighted by Gasteiger charge is 2.23. The Morgan fingerprint density at radius 3 is 2.91 bits per heavy atom. The molecule has 5 rings (SSSR count). The van der Waals surface area contributed by atoms with Crippen molar-refractivity contribution in [1.82, 2.24) is 35.6 Å². The molecule has 1 fully saturated rings. The van der Waals surface area contributed by atoms with Crippen molar-refractivity contribution in [2.24, 2.45) is 5.14 Å². The van der Waals surface area contributed by atoms with Gasteiger partial charge in [0.2, 0.25) is 11.7 Å². The number of nitrogen functional groups attached to an aromatic ring is 1. The predicted octanol–water partition coefficient (Wildman–Crippen LogP) is 2.57. The number of benzene rings is 2. The van der Waals surface area contributed by atoms with Gasteiger partial charge in [0.15, 0.2) is 5.13 Å². The lowest BCUT2D eigenvalue weighted by Crippen LogP contribution is -2.33. The van der Waals surface area contributed by atoms with Crippen LogP contribution in [0.2, 0.25) is 0 Å². The van der Waals surface area contributed by atoms with Crippen LogP contribution in [-0.4, -0.2) is 44.1 Å². The summed E-state index contributed by atoms with van der Waals surface area (Å²) in [5, 5.41) is 24.3. The predicted molar refractivity (Wildman–Crippen MR) is 128 cm³/mol. The number of hydrogen-bond acceptors (Lipinski definition) is 11. The summed E-state index contributed by atoms with van der Waals surface area (Å²) in [6.45, 7) is 0.655. The van der Waals surface area contributed by atoms with E-state index >= 15 is 0 Å². The van der Waals surface area contributed by atoms with Crippen molar-refractivity contribution in [2.45, 2.75) is 28.7 Å². The zero-order valence-corrected chi connectivity index (χ0v) is 19.1. The van der Waals surface area contributed by atoms with Gasteiger partial charge in [-0.25, -0.2) is 4.98 Å². The quantitative estimate of drug-likeness (QED) is 0.246. The molecule has 4 aromatic rings. The summed E-state index contributed by atoms with van der Waals surface area (Å²) in [4.78, 5) is 17.7. The van der Waals surface area contributed by atoms with Crippen LogP contribution in [0.5, 0.6) is 0 Å². The zero-order valence-electron chi connectivity index (χ0n) is 16.7. The number of H-pyrrole nitrogens is 1. The first-order chi connectivity index (χ1) is 15.6. The monoisotopic (exact) mass is 485 g/mol. The Bertz CT molecular complexity index is 1270. The SMILES string of the molecule is NSc1c(SNCC2CCC(=O)N2)ccc(-c2cccc3sc(N)nc23)c1-c1nn[nH]n1. The smallest absolute Gasteiger partial charge is 0.220 e. The van der Waals surface area contributed by atoms with Crippen LogP contribution < -0.4 is 20.9 Å². The largest absolute Gasteiger partial charge is 0.375 e. The van der Waals surface area contributed by atoms with Crippen molar-refractivity contribution in [3.63, 3.8) is 0 Å². The Morgan fingerprint density at radius 1 is 1.25 bits per heavy atom. The van der Waals surface area contributed by atoms with Gasteiger partial charge in [0.1, 0.15) is 0 Å². The Balaban J connectivity index is 1.55. The fourth-order valence-corrected chi connectivity index (χ4v) is 6.01. The number of aromatic nitrogens is 5. The molecular weight excluding hydrogens is 466 g/mol. The van der Waals surface area contributed by atoms with Gasteiger partial charge in [-0.2, -0.15) is 5.21 Å². The fraction of sp³-hybridized carbons (Fsp3) is 0.211. The lowest BCUT2D eigenvalue weighted by atomic mass is 9.98. The van der Waals surface area contributed by atoms with Crippen LogP contribution in [-0.2, 0) is 4.79 Å². The molecule has 7 N–H and O–H groups in total. The maximum atomic E-state index is 11.4. The summed E-state index contributed by atoms with van der Waals surface area (Å²) < 4.78 is 4.34. The number of amides is 1.